The van der Waals surface area contributed by atoms with E-state index >= 15 is 0 Å². The predicted octanol–water partition coefficient (Wildman–Crippen LogP) is 1.72. The summed E-state index contributed by atoms with van der Waals surface area (Å²) < 4.78 is 7.05. The van der Waals surface area contributed by atoms with E-state index in [0.29, 0.717) is 6.61 Å². The van der Waals surface area contributed by atoms with Crippen LogP contribution in [0.4, 0.5) is 0 Å². The van der Waals surface area contributed by atoms with Crippen LogP contribution in [0, 0.1) is 0 Å². The number of imidazole rings is 1. The second-order valence-corrected chi connectivity index (χ2v) is 3.11. The molecule has 0 unspecified atom stereocenters. The van der Waals surface area contributed by atoms with Crippen LogP contribution in [0.25, 0.3) is 11.0 Å². The summed E-state index contributed by atoms with van der Waals surface area (Å²) in [4.78, 5) is 4.27. The molecule has 0 radical (unpaired) electrons. The Bertz CT molecular complexity index is 420. The minimum atomic E-state index is 0.645. The van der Waals surface area contributed by atoms with Gasteiger partial charge in [-0.25, -0.2) is 4.98 Å². The molecule has 68 valence electrons. The van der Waals surface area contributed by atoms with Crippen LogP contribution < -0.4 is 0 Å². The normalized spacial score (nSPS) is 10.9. The maximum absolute atomic E-state index is 5.05. The van der Waals surface area contributed by atoms with E-state index in [-0.39, 0.29) is 0 Å². The zero-order chi connectivity index (χ0) is 9.26. The summed E-state index contributed by atoms with van der Waals surface area (Å²) in [7, 11) is 3.69. The van der Waals surface area contributed by atoms with E-state index in [9.17, 15) is 0 Å². The lowest BCUT2D eigenvalue weighted by Gasteiger charge is -1.99. The van der Waals surface area contributed by atoms with Gasteiger partial charge >= 0.3 is 0 Å². The van der Waals surface area contributed by atoms with Gasteiger partial charge in [-0.2, -0.15) is 0 Å². The summed E-state index contributed by atoms with van der Waals surface area (Å²) in [5.74, 6) is 0. The van der Waals surface area contributed by atoms with Crippen molar-refractivity contribution in [3.05, 3.63) is 30.1 Å². The molecule has 0 saturated heterocycles. The molecule has 3 nitrogen and oxygen atoms in total. The molecule has 0 amide bonds. The van der Waals surface area contributed by atoms with Crippen molar-refractivity contribution in [2.45, 2.75) is 6.61 Å². The topological polar surface area (TPSA) is 27.1 Å². The number of methoxy groups -OCH3 is 1. The lowest BCUT2D eigenvalue weighted by atomic mass is 10.2. The Morgan fingerprint density at radius 2 is 2.31 bits per heavy atom. The Kier molecular flexibility index (Phi) is 2.02. The lowest BCUT2D eigenvalue weighted by Crippen LogP contribution is -1.88. The van der Waals surface area contributed by atoms with Crippen LogP contribution in [-0.2, 0) is 18.4 Å². The fourth-order valence-corrected chi connectivity index (χ4v) is 1.44. The number of fused-ring (bicyclic) bond motifs is 1. The van der Waals surface area contributed by atoms with E-state index in [0.717, 1.165) is 16.6 Å². The summed E-state index contributed by atoms with van der Waals surface area (Å²) in [6, 6.07) is 6.18. The molecule has 0 aliphatic heterocycles. The molecule has 2 rings (SSSR count). The van der Waals surface area contributed by atoms with Gasteiger partial charge in [-0.1, -0.05) is 6.07 Å². The highest BCUT2D eigenvalue weighted by molar-refractivity contribution is 5.75. The van der Waals surface area contributed by atoms with Crippen LogP contribution >= 0.6 is 0 Å². The number of aromatic nitrogens is 2. The van der Waals surface area contributed by atoms with Gasteiger partial charge in [0.15, 0.2) is 0 Å². The highest BCUT2D eigenvalue weighted by Gasteiger charge is 1.99. The number of benzene rings is 1. The van der Waals surface area contributed by atoms with Crippen LogP contribution in [0.3, 0.4) is 0 Å². The fraction of sp³-hybridized carbons (Fsp3) is 0.300. The quantitative estimate of drug-likeness (QED) is 0.696. The zero-order valence-electron chi connectivity index (χ0n) is 7.82. The van der Waals surface area contributed by atoms with Gasteiger partial charge in [0.25, 0.3) is 0 Å². The van der Waals surface area contributed by atoms with E-state index in [2.05, 4.69) is 23.2 Å². The maximum Gasteiger partial charge on any atom is 0.0955 e. The van der Waals surface area contributed by atoms with Crippen molar-refractivity contribution in [1.29, 1.82) is 0 Å². The maximum atomic E-state index is 5.05. The summed E-state index contributed by atoms with van der Waals surface area (Å²) in [5, 5.41) is 0. The molecule has 0 saturated carbocycles. The van der Waals surface area contributed by atoms with Gasteiger partial charge in [-0.15, -0.1) is 0 Å². The average molecular weight is 176 g/mol. The fourth-order valence-electron chi connectivity index (χ4n) is 1.44. The lowest BCUT2D eigenvalue weighted by molar-refractivity contribution is 0.185. The first-order valence-corrected chi connectivity index (χ1v) is 4.20. The molecule has 3 heteroatoms. The zero-order valence-corrected chi connectivity index (χ0v) is 7.82. The van der Waals surface area contributed by atoms with Crippen molar-refractivity contribution in [3.8, 4) is 0 Å². The number of hydrogen-bond donors (Lipinski definition) is 0. The van der Waals surface area contributed by atoms with E-state index in [1.807, 2.05) is 17.9 Å². The van der Waals surface area contributed by atoms with Gasteiger partial charge < -0.3 is 9.30 Å². The largest absolute Gasteiger partial charge is 0.380 e. The number of rotatable bonds is 2. The molecule has 0 atom stereocenters. The number of nitrogens with zero attached hydrogens (tertiary/aromatic N) is 2. The molecule has 1 heterocycles. The Hall–Kier alpha value is -1.35. The SMILES string of the molecule is COCc1ccc2c(c1)ncn2C. The first kappa shape index (κ1) is 8.26. The van der Waals surface area contributed by atoms with Crippen molar-refractivity contribution in [2.24, 2.45) is 7.05 Å². The first-order valence-electron chi connectivity index (χ1n) is 4.20. The second-order valence-electron chi connectivity index (χ2n) is 3.11. The standard InChI is InChI=1S/C10H12N2O/c1-12-7-11-9-5-8(6-13-2)3-4-10(9)12/h3-5,7H,6H2,1-2H3. The van der Waals surface area contributed by atoms with Gasteiger partial charge in [0.1, 0.15) is 0 Å². The molecule has 13 heavy (non-hydrogen) atoms. The third kappa shape index (κ3) is 1.42. The van der Waals surface area contributed by atoms with E-state index in [1.165, 1.54) is 0 Å². The van der Waals surface area contributed by atoms with Crippen LogP contribution in [0.15, 0.2) is 24.5 Å². The average Bonchev–Trinajstić information content (AvgIpc) is 2.48. The van der Waals surface area contributed by atoms with Gasteiger partial charge in [-0.3, -0.25) is 0 Å². The van der Waals surface area contributed by atoms with Gasteiger partial charge in [-0.05, 0) is 17.7 Å². The minimum Gasteiger partial charge on any atom is -0.380 e. The Balaban J connectivity index is 2.50. The van der Waals surface area contributed by atoms with Crippen molar-refractivity contribution < 1.29 is 4.74 Å². The van der Waals surface area contributed by atoms with E-state index in [1.54, 1.807) is 7.11 Å². The highest BCUT2D eigenvalue weighted by atomic mass is 16.5. The number of aryl methyl sites for hydroxylation is 1. The summed E-state index contributed by atoms with van der Waals surface area (Å²) >= 11 is 0. The van der Waals surface area contributed by atoms with Crippen LogP contribution in [0.5, 0.6) is 0 Å². The molecular formula is C10H12N2O. The summed E-state index contributed by atoms with van der Waals surface area (Å²) in [6.45, 7) is 0.645. The molecule has 1 aromatic heterocycles. The Morgan fingerprint density at radius 3 is 3.08 bits per heavy atom. The van der Waals surface area contributed by atoms with Crippen molar-refractivity contribution in [1.82, 2.24) is 9.55 Å². The second kappa shape index (κ2) is 3.18. The van der Waals surface area contributed by atoms with Crippen LogP contribution in [0.2, 0.25) is 0 Å². The molecule has 0 bridgehead atoms. The molecule has 0 fully saturated rings. The van der Waals surface area contributed by atoms with Crippen molar-refractivity contribution in [3.63, 3.8) is 0 Å². The molecule has 0 aliphatic rings. The monoisotopic (exact) mass is 176 g/mol. The van der Waals surface area contributed by atoms with Gasteiger partial charge in [0.05, 0.1) is 24.0 Å². The molecule has 0 aliphatic carbocycles. The third-order valence-corrected chi connectivity index (χ3v) is 2.10. The molecule has 1 aromatic carbocycles. The molecule has 2 aromatic rings. The van der Waals surface area contributed by atoms with Gasteiger partial charge in [0.2, 0.25) is 0 Å². The highest BCUT2D eigenvalue weighted by Crippen LogP contribution is 2.13. The molecule has 0 spiro atoms. The number of ether oxygens (including phenoxy) is 1. The van der Waals surface area contributed by atoms with Crippen LogP contribution in [0.1, 0.15) is 5.56 Å². The van der Waals surface area contributed by atoms with Gasteiger partial charge in [0, 0.05) is 14.2 Å². The minimum absolute atomic E-state index is 0.645. The smallest absolute Gasteiger partial charge is 0.0955 e. The summed E-state index contributed by atoms with van der Waals surface area (Å²) in [5.41, 5.74) is 3.34. The Labute approximate surface area is 77.0 Å². The van der Waals surface area contributed by atoms with Crippen LogP contribution in [-0.4, -0.2) is 16.7 Å². The van der Waals surface area contributed by atoms with E-state index < -0.39 is 0 Å². The first-order chi connectivity index (χ1) is 6.31. The number of hydrogen-bond acceptors (Lipinski definition) is 2. The third-order valence-electron chi connectivity index (χ3n) is 2.10. The molecular weight excluding hydrogens is 164 g/mol. The van der Waals surface area contributed by atoms with Crippen molar-refractivity contribution >= 4 is 11.0 Å². The predicted molar refractivity (Wildman–Crippen MR) is 51.4 cm³/mol. The van der Waals surface area contributed by atoms with E-state index in [4.69, 9.17) is 4.74 Å². The molecule has 0 N–H and O–H groups in total. The summed E-state index contributed by atoms with van der Waals surface area (Å²) in [6.07, 6.45) is 1.82. The Morgan fingerprint density at radius 1 is 1.46 bits per heavy atom. The van der Waals surface area contributed by atoms with Crippen molar-refractivity contribution in [2.75, 3.05) is 7.11 Å².